The topological polar surface area (TPSA) is 90.7 Å². The summed E-state index contributed by atoms with van der Waals surface area (Å²) in [4.78, 5) is 8.23. The fourth-order valence-corrected chi connectivity index (χ4v) is 4.40. The zero-order chi connectivity index (χ0) is 23.9. The highest BCUT2D eigenvalue weighted by molar-refractivity contribution is 6.38. The van der Waals surface area contributed by atoms with Crippen LogP contribution in [0.15, 0.2) is 36.9 Å². The second-order valence-corrected chi connectivity index (χ2v) is 9.11. The van der Waals surface area contributed by atoms with Gasteiger partial charge in [0, 0.05) is 6.61 Å². The lowest BCUT2D eigenvalue weighted by atomic mass is 10.2. The molecule has 1 atom stereocenters. The lowest BCUT2D eigenvalue weighted by Crippen LogP contribution is -2.19. The molecule has 0 aromatic carbocycles. The molecule has 4 aromatic heterocycles. The summed E-state index contributed by atoms with van der Waals surface area (Å²) in [5.74, 6) is 0. The first-order valence-electron chi connectivity index (χ1n) is 10.8. The first kappa shape index (κ1) is 27.5. The van der Waals surface area contributed by atoms with Gasteiger partial charge in [-0.2, -0.15) is 10.2 Å². The molecule has 188 valence electrons. The Bertz CT molecular complexity index is 1260. The molecule has 0 bridgehead atoms. The fraction of sp³-hybridized carbons (Fsp3) is 0.391. The van der Waals surface area contributed by atoms with Crippen molar-refractivity contribution in [1.29, 1.82) is 0 Å². The van der Waals surface area contributed by atoms with Crippen molar-refractivity contribution in [2.24, 2.45) is 0 Å². The Morgan fingerprint density at radius 1 is 0.914 bits per heavy atom. The number of rotatable bonds is 1. The van der Waals surface area contributed by atoms with Crippen molar-refractivity contribution < 1.29 is 9.47 Å². The second-order valence-electron chi connectivity index (χ2n) is 7.52. The number of pyridine rings is 2. The summed E-state index contributed by atoms with van der Waals surface area (Å²) >= 11 is 23.5. The van der Waals surface area contributed by atoms with Gasteiger partial charge < -0.3 is 9.47 Å². The summed E-state index contributed by atoms with van der Waals surface area (Å²) in [6, 6.07) is 3.21. The minimum absolute atomic E-state index is 0. The molecule has 0 amide bonds. The molecule has 35 heavy (non-hydrogen) atoms. The van der Waals surface area contributed by atoms with Crippen molar-refractivity contribution in [2.45, 2.75) is 45.8 Å². The molecule has 0 aliphatic carbocycles. The van der Waals surface area contributed by atoms with Gasteiger partial charge in [-0.15, -0.1) is 0 Å². The molecule has 0 spiro atoms. The normalized spacial score (nSPS) is 17.0. The summed E-state index contributed by atoms with van der Waals surface area (Å²) in [6.07, 6.45) is 12.7. The largest absolute Gasteiger partial charge is 0.502 e. The number of ether oxygens (including phenoxy) is 2. The van der Waals surface area contributed by atoms with Gasteiger partial charge in [-0.3, -0.25) is 5.10 Å². The zero-order valence-electron chi connectivity index (χ0n) is 18.1. The third-order valence-electron chi connectivity index (χ3n) is 5.08. The Kier molecular flexibility index (Phi) is 10.4. The average molecular weight is 560 g/mol. The first-order chi connectivity index (χ1) is 16.5. The molecule has 1 N–H and O–H groups in total. The van der Waals surface area contributed by atoms with Gasteiger partial charge in [0.1, 0.15) is 10.3 Å². The van der Waals surface area contributed by atoms with E-state index in [1.807, 2.05) is 6.08 Å². The summed E-state index contributed by atoms with van der Waals surface area (Å²) in [6.45, 7) is 1.68. The highest BCUT2D eigenvalue weighted by Crippen LogP contribution is 2.29. The Hall–Kier alpha value is -2.10. The monoisotopic (exact) mass is 558 g/mol. The minimum Gasteiger partial charge on any atom is -0.502 e. The Morgan fingerprint density at radius 3 is 2.31 bits per heavy atom. The number of aromatic nitrogens is 6. The molecule has 6 rings (SSSR count). The van der Waals surface area contributed by atoms with Gasteiger partial charge >= 0.3 is 0 Å². The summed E-state index contributed by atoms with van der Waals surface area (Å²) in [7, 11) is 0. The van der Waals surface area contributed by atoms with Crippen LogP contribution in [-0.4, -0.2) is 43.2 Å². The van der Waals surface area contributed by atoms with E-state index < -0.39 is 0 Å². The van der Waals surface area contributed by atoms with Crippen LogP contribution in [0.1, 0.15) is 45.8 Å². The number of fused-ring (bicyclic) bond motifs is 2. The molecule has 1 saturated heterocycles. The van der Waals surface area contributed by atoms with Crippen molar-refractivity contribution in [1.82, 2.24) is 29.9 Å². The number of aromatic amines is 1. The van der Waals surface area contributed by atoms with Crippen LogP contribution in [0.5, 0.6) is 0 Å². The first-order valence-corrected chi connectivity index (χ1v) is 12.3. The SMILES string of the molecule is C.C1=COCCC1.Clc1cc(Cl)c2cn[nH]c2n1.Clc1cc(Cl)c2cnn(C3CCCCO3)c2n1. The van der Waals surface area contributed by atoms with Crippen molar-refractivity contribution in [3.05, 3.63) is 57.2 Å². The number of hydrogen-bond acceptors (Lipinski definition) is 6. The fourth-order valence-electron chi connectivity index (χ4n) is 3.43. The van der Waals surface area contributed by atoms with Gasteiger partial charge in [0.05, 0.1) is 46.1 Å². The van der Waals surface area contributed by atoms with E-state index in [1.54, 1.807) is 35.5 Å². The smallest absolute Gasteiger partial charge is 0.163 e. The number of hydrogen-bond donors (Lipinski definition) is 1. The molecule has 12 heteroatoms. The Labute approximate surface area is 223 Å². The molecule has 8 nitrogen and oxygen atoms in total. The van der Waals surface area contributed by atoms with Crippen molar-refractivity contribution in [3.8, 4) is 0 Å². The van der Waals surface area contributed by atoms with E-state index in [1.165, 1.54) is 12.8 Å². The van der Waals surface area contributed by atoms with Gasteiger partial charge in [-0.05, 0) is 50.3 Å². The van der Waals surface area contributed by atoms with Crippen LogP contribution < -0.4 is 0 Å². The number of nitrogens with zero attached hydrogens (tertiary/aromatic N) is 5. The number of nitrogens with one attached hydrogen (secondary N) is 1. The highest BCUT2D eigenvalue weighted by Gasteiger charge is 2.20. The van der Waals surface area contributed by atoms with Crippen molar-refractivity contribution in [3.63, 3.8) is 0 Å². The van der Waals surface area contributed by atoms with Crippen LogP contribution in [0.4, 0.5) is 0 Å². The molecular weight excluding hydrogens is 534 g/mol. The molecule has 0 radical (unpaired) electrons. The molecule has 0 saturated carbocycles. The maximum atomic E-state index is 6.10. The van der Waals surface area contributed by atoms with Crippen LogP contribution in [0.3, 0.4) is 0 Å². The van der Waals surface area contributed by atoms with Gasteiger partial charge in [-0.1, -0.05) is 53.8 Å². The lowest BCUT2D eigenvalue weighted by Gasteiger charge is -2.23. The Balaban J connectivity index is 0.000000163. The zero-order valence-corrected chi connectivity index (χ0v) is 21.1. The van der Waals surface area contributed by atoms with Crippen LogP contribution in [0.2, 0.25) is 20.4 Å². The standard InChI is InChI=1S/C11H11Cl2N3O.C6H3Cl2N3.C5H8O.CH4/c12-8-5-9(13)15-11-7(8)6-14-16(11)10-3-1-2-4-17-10;7-4-1-5(8)10-6-3(4)2-9-11-6;1-2-4-6-5-3-1;/h5-6,10H,1-4H2;1-2H,(H,9,10,11);2,4H,1,3,5H2;1H4. The van der Waals surface area contributed by atoms with Crippen LogP contribution in [0, 0.1) is 0 Å². The number of H-pyrrole nitrogens is 1. The minimum atomic E-state index is -0.0525. The summed E-state index contributed by atoms with van der Waals surface area (Å²) < 4.78 is 12.3. The van der Waals surface area contributed by atoms with Crippen molar-refractivity contribution >= 4 is 68.5 Å². The van der Waals surface area contributed by atoms with E-state index in [0.29, 0.717) is 31.6 Å². The van der Waals surface area contributed by atoms with Gasteiger partial charge in [-0.25, -0.2) is 14.6 Å². The van der Waals surface area contributed by atoms with Crippen LogP contribution >= 0.6 is 46.4 Å². The van der Waals surface area contributed by atoms with Crippen LogP contribution in [-0.2, 0) is 9.47 Å². The molecule has 1 unspecified atom stereocenters. The summed E-state index contributed by atoms with van der Waals surface area (Å²) in [5, 5.41) is 14.2. The van der Waals surface area contributed by atoms with Crippen LogP contribution in [0.25, 0.3) is 22.1 Å². The number of halogens is 4. The van der Waals surface area contributed by atoms with E-state index in [0.717, 1.165) is 43.2 Å². The number of allylic oxidation sites excluding steroid dienone is 1. The molecular formula is C23H26Cl4N6O2. The maximum absolute atomic E-state index is 6.10. The van der Waals surface area contributed by atoms with Crippen molar-refractivity contribution in [2.75, 3.05) is 13.2 Å². The maximum Gasteiger partial charge on any atom is 0.163 e. The molecule has 2 aliphatic rings. The van der Waals surface area contributed by atoms with E-state index >= 15 is 0 Å². The Morgan fingerprint density at radius 2 is 1.69 bits per heavy atom. The van der Waals surface area contributed by atoms with Gasteiger partial charge in [0.2, 0.25) is 0 Å². The second kappa shape index (κ2) is 13.3. The predicted molar refractivity (Wildman–Crippen MR) is 141 cm³/mol. The molecule has 4 aromatic rings. The van der Waals surface area contributed by atoms with E-state index in [9.17, 15) is 0 Å². The molecule has 2 aliphatic heterocycles. The molecule has 6 heterocycles. The van der Waals surface area contributed by atoms with E-state index in [-0.39, 0.29) is 13.7 Å². The summed E-state index contributed by atoms with van der Waals surface area (Å²) in [5.41, 5.74) is 1.30. The quantitative estimate of drug-likeness (QED) is 0.241. The van der Waals surface area contributed by atoms with Gasteiger partial charge in [0.25, 0.3) is 0 Å². The third kappa shape index (κ3) is 7.21. The van der Waals surface area contributed by atoms with E-state index in [2.05, 4.69) is 25.3 Å². The average Bonchev–Trinajstić information content (AvgIpc) is 3.49. The third-order valence-corrected chi connectivity index (χ3v) is 6.09. The highest BCUT2D eigenvalue weighted by atomic mass is 35.5. The van der Waals surface area contributed by atoms with E-state index in [4.69, 9.17) is 55.9 Å². The molecule has 1 fully saturated rings. The predicted octanol–water partition coefficient (Wildman–Crippen LogP) is 7.65. The lowest BCUT2D eigenvalue weighted by molar-refractivity contribution is -0.0370. The van der Waals surface area contributed by atoms with Gasteiger partial charge in [0.15, 0.2) is 17.5 Å².